The normalized spacial score (nSPS) is 18.1. The van der Waals surface area contributed by atoms with Crippen molar-refractivity contribution < 1.29 is 30.9 Å². The van der Waals surface area contributed by atoms with Crippen molar-refractivity contribution in [1.29, 1.82) is 0 Å². The number of hydrogen-bond donors (Lipinski definition) is 1. The summed E-state index contributed by atoms with van der Waals surface area (Å²) in [7, 11) is 0. The number of phenolic OH excluding ortho intramolecular Hbond substituents is 1. The standard InChI is InChI=1S/C46H52N3O2.Pt/c1-26-19-27(2)29(4)42(28(26)3)49-37-25-46(11,12)36-16-14-13-15-35(36)41(37)48-43(49)31-21-32(44(5,6)7)23-34(22-31)51-39-18-17-30-20-33(45(8,9)10)24-38(50)40(30)47-39;/h13-21,23-24,37,41,50H,25H2,1-12H3;/q-1;/t37-,41+;/m1./s1. The Balaban J connectivity index is 0.00000464. The number of pyridine rings is 1. The Labute approximate surface area is 324 Å². The zero-order valence-corrected chi connectivity index (χ0v) is 35.0. The molecule has 5 aromatic rings. The maximum absolute atomic E-state index is 11.0. The van der Waals surface area contributed by atoms with Crippen molar-refractivity contribution >= 4 is 22.4 Å². The SMILES string of the molecule is Cc1cc(C)c(C)c(N2C(c3[c-]c(Oc4ccc5cc(C(C)(C)C)cc(O)c5n4)cc(C(C)(C)C)c3)=N[C@H]3c4ccccc4C(C)(C)C[C@H]32)c1C.[Pt]. The van der Waals surface area contributed by atoms with Crippen LogP contribution >= 0.6 is 0 Å². The molecule has 7 rings (SSSR count). The Bertz CT molecular complexity index is 2210. The van der Waals surface area contributed by atoms with E-state index in [0.29, 0.717) is 17.1 Å². The summed E-state index contributed by atoms with van der Waals surface area (Å²) in [5, 5.41) is 11.9. The quantitative estimate of drug-likeness (QED) is 0.183. The van der Waals surface area contributed by atoms with Gasteiger partial charge in [-0.25, -0.2) is 4.98 Å². The van der Waals surface area contributed by atoms with Gasteiger partial charge >= 0.3 is 0 Å². The van der Waals surface area contributed by atoms with Gasteiger partial charge in [0, 0.05) is 44.0 Å². The van der Waals surface area contributed by atoms with Crippen molar-refractivity contribution in [3.63, 3.8) is 0 Å². The van der Waals surface area contributed by atoms with E-state index >= 15 is 0 Å². The molecule has 4 aromatic carbocycles. The van der Waals surface area contributed by atoms with Crippen molar-refractivity contribution in [3.8, 4) is 17.4 Å². The van der Waals surface area contributed by atoms with Gasteiger partial charge in [-0.1, -0.05) is 97.9 Å². The molecule has 52 heavy (non-hydrogen) atoms. The number of ether oxygens (including phenoxy) is 1. The minimum atomic E-state index is -0.169. The molecule has 2 heterocycles. The number of aromatic nitrogens is 1. The van der Waals surface area contributed by atoms with Crippen molar-refractivity contribution in [1.82, 2.24) is 4.98 Å². The number of anilines is 1. The van der Waals surface area contributed by atoms with Crippen molar-refractivity contribution in [2.24, 2.45) is 4.99 Å². The maximum atomic E-state index is 11.0. The average Bonchev–Trinajstić information content (AvgIpc) is 3.41. The molecule has 0 bridgehead atoms. The Hall–Kier alpha value is -3.95. The second-order valence-electron chi connectivity index (χ2n) is 17.6. The number of fused-ring (bicyclic) bond motifs is 4. The molecule has 2 aliphatic rings. The summed E-state index contributed by atoms with van der Waals surface area (Å²) >= 11 is 0. The Morgan fingerprint density at radius 3 is 2.12 bits per heavy atom. The molecule has 0 amide bonds. The predicted molar refractivity (Wildman–Crippen MR) is 211 cm³/mol. The van der Waals surface area contributed by atoms with E-state index in [1.807, 2.05) is 18.2 Å². The van der Waals surface area contributed by atoms with Crippen LogP contribution in [-0.2, 0) is 37.3 Å². The van der Waals surface area contributed by atoms with Gasteiger partial charge in [-0.15, -0.1) is 17.2 Å². The van der Waals surface area contributed by atoms with E-state index in [1.165, 1.54) is 39.1 Å². The smallest absolute Gasteiger partial charge is 0.217 e. The van der Waals surface area contributed by atoms with E-state index in [0.717, 1.165) is 34.3 Å². The molecular weight excluding hydrogens is 822 g/mol. The van der Waals surface area contributed by atoms with Crippen LogP contribution in [0.1, 0.15) is 118 Å². The van der Waals surface area contributed by atoms with Crippen molar-refractivity contribution in [3.05, 3.63) is 123 Å². The zero-order valence-electron chi connectivity index (χ0n) is 32.7. The van der Waals surface area contributed by atoms with Gasteiger partial charge in [-0.3, -0.25) is 0 Å². The van der Waals surface area contributed by atoms with E-state index < -0.39 is 0 Å². The van der Waals surface area contributed by atoms with Crippen LogP contribution < -0.4 is 9.64 Å². The minimum Gasteiger partial charge on any atom is -0.506 e. The summed E-state index contributed by atoms with van der Waals surface area (Å²) in [6.07, 6.45) is 0.970. The fraction of sp³-hybridized carbons (Fsp3) is 0.391. The molecule has 6 heteroatoms. The monoisotopic (exact) mass is 873 g/mol. The van der Waals surface area contributed by atoms with E-state index in [9.17, 15) is 5.11 Å². The zero-order chi connectivity index (χ0) is 36.8. The molecular formula is C46H52N3O2Pt-. The predicted octanol–water partition coefficient (Wildman–Crippen LogP) is 11.4. The molecule has 1 aliphatic carbocycles. The summed E-state index contributed by atoms with van der Waals surface area (Å²) in [5.41, 5.74) is 12.4. The molecule has 0 radical (unpaired) electrons. The van der Waals surface area contributed by atoms with Crippen LogP contribution in [0.5, 0.6) is 17.4 Å². The molecule has 0 unspecified atom stereocenters. The Morgan fingerprint density at radius 1 is 0.827 bits per heavy atom. The van der Waals surface area contributed by atoms with Crippen LogP contribution in [0, 0.1) is 33.8 Å². The van der Waals surface area contributed by atoms with E-state index in [2.05, 4.69) is 143 Å². The first-order valence-corrected chi connectivity index (χ1v) is 18.3. The number of phenols is 1. The number of benzene rings is 4. The van der Waals surface area contributed by atoms with Gasteiger partial charge in [0.25, 0.3) is 0 Å². The Morgan fingerprint density at radius 2 is 1.46 bits per heavy atom. The van der Waals surface area contributed by atoms with Gasteiger partial charge < -0.3 is 19.7 Å². The molecule has 0 fully saturated rings. The number of aryl methyl sites for hydroxylation is 2. The topological polar surface area (TPSA) is 58.0 Å². The third kappa shape index (κ3) is 6.59. The maximum Gasteiger partial charge on any atom is 0.217 e. The van der Waals surface area contributed by atoms with Gasteiger partial charge in [-0.2, -0.15) is 0 Å². The van der Waals surface area contributed by atoms with Gasteiger partial charge in [0.2, 0.25) is 5.88 Å². The first kappa shape index (κ1) is 37.8. The Kier molecular flexibility index (Phi) is 9.57. The van der Waals surface area contributed by atoms with Crippen LogP contribution in [0.2, 0.25) is 0 Å². The van der Waals surface area contributed by atoms with Crippen molar-refractivity contribution in [2.75, 3.05) is 4.90 Å². The van der Waals surface area contributed by atoms with Crippen LogP contribution in [0.15, 0.2) is 71.7 Å². The van der Waals surface area contributed by atoms with Gasteiger partial charge in [0.1, 0.15) is 11.3 Å². The molecule has 2 atom stereocenters. The van der Waals surface area contributed by atoms with Gasteiger partial charge in [0.15, 0.2) is 0 Å². The van der Waals surface area contributed by atoms with E-state index in [1.54, 1.807) is 0 Å². The first-order chi connectivity index (χ1) is 23.8. The third-order valence-corrected chi connectivity index (χ3v) is 11.3. The number of aliphatic imine (C=N–C) groups is 1. The van der Waals surface area contributed by atoms with Crippen LogP contribution in [0.3, 0.4) is 0 Å². The fourth-order valence-corrected chi connectivity index (χ4v) is 8.04. The molecule has 1 aromatic heterocycles. The summed E-state index contributed by atoms with van der Waals surface area (Å²) in [6, 6.07) is 27.0. The third-order valence-electron chi connectivity index (χ3n) is 11.3. The number of rotatable bonds is 4. The average molecular weight is 874 g/mol. The molecule has 1 N–H and O–H groups in total. The molecule has 0 saturated heterocycles. The second-order valence-corrected chi connectivity index (χ2v) is 17.6. The number of aromatic hydroxyl groups is 1. The largest absolute Gasteiger partial charge is 0.506 e. The fourth-order valence-electron chi connectivity index (χ4n) is 8.04. The van der Waals surface area contributed by atoms with E-state index in [-0.39, 0.29) is 55.1 Å². The van der Waals surface area contributed by atoms with Crippen LogP contribution in [-0.4, -0.2) is 22.0 Å². The number of amidine groups is 1. The summed E-state index contributed by atoms with van der Waals surface area (Å²) in [5.74, 6) is 2.05. The summed E-state index contributed by atoms with van der Waals surface area (Å²) in [4.78, 5) is 13.0. The number of hydrogen-bond acceptors (Lipinski definition) is 5. The first-order valence-electron chi connectivity index (χ1n) is 18.3. The van der Waals surface area contributed by atoms with Crippen LogP contribution in [0.4, 0.5) is 5.69 Å². The summed E-state index contributed by atoms with van der Waals surface area (Å²) in [6.45, 7) is 26.8. The molecule has 0 spiro atoms. The minimum absolute atomic E-state index is 0. The molecule has 0 saturated carbocycles. The van der Waals surface area contributed by atoms with Crippen LogP contribution in [0.25, 0.3) is 10.9 Å². The number of nitrogens with zero attached hydrogens (tertiary/aromatic N) is 3. The molecule has 1 aliphatic heterocycles. The molecule has 5 nitrogen and oxygen atoms in total. The van der Waals surface area contributed by atoms with E-state index in [4.69, 9.17) is 14.7 Å². The van der Waals surface area contributed by atoms with Crippen molar-refractivity contribution in [2.45, 2.75) is 118 Å². The van der Waals surface area contributed by atoms with Gasteiger partial charge in [0.05, 0.1) is 17.9 Å². The molecule has 274 valence electrons. The summed E-state index contributed by atoms with van der Waals surface area (Å²) < 4.78 is 6.56. The van der Waals surface area contributed by atoms with Gasteiger partial charge in [-0.05, 0) is 108 Å². The second kappa shape index (κ2) is 13.2.